The normalized spacial score (nSPS) is 11.5. The number of hydrogen-bond donors (Lipinski definition) is 1. The summed E-state index contributed by atoms with van der Waals surface area (Å²) in [5.41, 5.74) is 2.11. The number of pyridine rings is 1. The van der Waals surface area contributed by atoms with Crippen LogP contribution in [0.5, 0.6) is 0 Å². The molecule has 7 nitrogen and oxygen atoms in total. The number of aromatic nitrogens is 4. The molecule has 3 aromatic heterocycles. The molecule has 0 spiro atoms. The molecule has 1 N–H and O–H groups in total. The van der Waals surface area contributed by atoms with Gasteiger partial charge in [0, 0.05) is 56.7 Å². The molecule has 0 aliphatic rings. The highest BCUT2D eigenvalue weighted by molar-refractivity contribution is 14.0. The fraction of sp³-hybridized carbons (Fsp3) is 0.389. The van der Waals surface area contributed by atoms with Crippen LogP contribution in [0.1, 0.15) is 17.9 Å². The van der Waals surface area contributed by atoms with Crippen LogP contribution in [0.15, 0.2) is 46.1 Å². The van der Waals surface area contributed by atoms with Gasteiger partial charge in [-0.15, -0.1) is 34.2 Å². The number of rotatable bonds is 6. The molecule has 0 aliphatic heterocycles. The van der Waals surface area contributed by atoms with E-state index in [-0.39, 0.29) is 24.0 Å². The highest BCUT2D eigenvalue weighted by Crippen LogP contribution is 2.15. The van der Waals surface area contributed by atoms with Crippen molar-refractivity contribution in [1.29, 1.82) is 0 Å². The molecule has 0 amide bonds. The second-order valence-electron chi connectivity index (χ2n) is 6.24. The van der Waals surface area contributed by atoms with Gasteiger partial charge in [0.25, 0.3) is 0 Å². The van der Waals surface area contributed by atoms with E-state index in [0.717, 1.165) is 47.8 Å². The van der Waals surface area contributed by atoms with Crippen LogP contribution < -0.4 is 5.32 Å². The fourth-order valence-corrected chi connectivity index (χ4v) is 3.51. The Morgan fingerprint density at radius 2 is 2.15 bits per heavy atom. The molecule has 0 aromatic carbocycles. The number of nitrogens with zero attached hydrogens (tertiary/aromatic N) is 6. The number of halogens is 2. The van der Waals surface area contributed by atoms with Crippen LogP contribution in [0.25, 0.3) is 5.65 Å². The summed E-state index contributed by atoms with van der Waals surface area (Å²) >= 11 is 3.52. The summed E-state index contributed by atoms with van der Waals surface area (Å²) < 4.78 is 5.24. The Labute approximate surface area is 185 Å². The van der Waals surface area contributed by atoms with E-state index in [1.165, 1.54) is 5.69 Å². The summed E-state index contributed by atoms with van der Waals surface area (Å²) in [4.78, 5) is 6.50. The minimum atomic E-state index is 0. The van der Waals surface area contributed by atoms with Crippen molar-refractivity contribution in [1.82, 2.24) is 29.4 Å². The van der Waals surface area contributed by atoms with Crippen molar-refractivity contribution < 1.29 is 0 Å². The average Bonchev–Trinajstić information content (AvgIpc) is 3.17. The van der Waals surface area contributed by atoms with Gasteiger partial charge in [-0.25, -0.2) is 0 Å². The van der Waals surface area contributed by atoms with Gasteiger partial charge in [-0.2, -0.15) is 0 Å². The summed E-state index contributed by atoms with van der Waals surface area (Å²) in [6.07, 6.45) is 5.88. The number of aliphatic imine (C=N–C) groups is 1. The maximum Gasteiger partial charge on any atom is 0.193 e. The van der Waals surface area contributed by atoms with Gasteiger partial charge >= 0.3 is 0 Å². The topological polar surface area (TPSA) is 62.8 Å². The molecule has 0 radical (unpaired) electrons. The molecule has 0 aliphatic carbocycles. The first-order valence-corrected chi connectivity index (χ1v) is 9.39. The standard InChI is InChI=1S/C18H24BrN7.HI/c1-20-18(25(3)13-15-11-14(19)12-24(15)2)21-9-6-8-17-23-22-16-7-4-5-10-26(16)17;/h4-5,7,10-12H,6,8-9,13H2,1-3H3,(H,20,21);1H. The first-order chi connectivity index (χ1) is 12.6. The smallest absolute Gasteiger partial charge is 0.193 e. The molecule has 0 atom stereocenters. The summed E-state index contributed by atoms with van der Waals surface area (Å²) in [5.74, 6) is 1.87. The van der Waals surface area contributed by atoms with E-state index in [2.05, 4.69) is 58.2 Å². The number of fused-ring (bicyclic) bond motifs is 1. The van der Waals surface area contributed by atoms with Crippen LogP contribution >= 0.6 is 39.9 Å². The van der Waals surface area contributed by atoms with Gasteiger partial charge in [0.2, 0.25) is 0 Å². The number of aryl methyl sites for hydroxylation is 2. The largest absolute Gasteiger partial charge is 0.356 e. The van der Waals surface area contributed by atoms with Crippen molar-refractivity contribution >= 4 is 51.5 Å². The molecular weight excluding hydrogens is 521 g/mol. The maximum atomic E-state index is 4.38. The van der Waals surface area contributed by atoms with Gasteiger partial charge < -0.3 is 14.8 Å². The van der Waals surface area contributed by atoms with Crippen LogP contribution in [0.3, 0.4) is 0 Å². The predicted molar refractivity (Wildman–Crippen MR) is 123 cm³/mol. The lowest BCUT2D eigenvalue weighted by atomic mass is 10.3. The van der Waals surface area contributed by atoms with Gasteiger partial charge in [-0.3, -0.25) is 9.39 Å². The van der Waals surface area contributed by atoms with E-state index < -0.39 is 0 Å². The second-order valence-corrected chi connectivity index (χ2v) is 7.15. The Hall–Kier alpha value is -1.62. The molecule has 0 fully saturated rings. The highest BCUT2D eigenvalue weighted by atomic mass is 127. The Morgan fingerprint density at radius 3 is 2.85 bits per heavy atom. The molecule has 3 heterocycles. The first kappa shape index (κ1) is 21.7. The van der Waals surface area contributed by atoms with E-state index >= 15 is 0 Å². The first-order valence-electron chi connectivity index (χ1n) is 8.59. The lowest BCUT2D eigenvalue weighted by Crippen LogP contribution is -2.39. The maximum absolute atomic E-state index is 4.38. The number of nitrogens with one attached hydrogen (secondary N) is 1. The Bertz CT molecular complexity index is 902. The molecule has 0 bridgehead atoms. The molecule has 0 saturated carbocycles. The van der Waals surface area contributed by atoms with Gasteiger partial charge in [0.05, 0.1) is 6.54 Å². The average molecular weight is 546 g/mol. The van der Waals surface area contributed by atoms with Gasteiger partial charge in [0.1, 0.15) is 5.82 Å². The van der Waals surface area contributed by atoms with Crippen molar-refractivity contribution in [3.8, 4) is 0 Å². The third-order valence-corrected chi connectivity index (χ3v) is 4.73. The minimum absolute atomic E-state index is 0. The summed E-state index contributed by atoms with van der Waals surface area (Å²) in [6.45, 7) is 1.62. The van der Waals surface area contributed by atoms with Gasteiger partial charge in [-0.1, -0.05) is 6.07 Å². The van der Waals surface area contributed by atoms with Crippen LogP contribution in [0, 0.1) is 0 Å². The molecule has 9 heteroatoms. The van der Waals surface area contributed by atoms with Crippen molar-refractivity contribution in [2.75, 3.05) is 20.6 Å². The van der Waals surface area contributed by atoms with E-state index in [1.54, 1.807) is 0 Å². The van der Waals surface area contributed by atoms with Crippen LogP contribution in [-0.2, 0) is 20.0 Å². The minimum Gasteiger partial charge on any atom is -0.356 e. The molecular formula is C18H25BrIN7. The number of guanidine groups is 1. The zero-order valence-electron chi connectivity index (χ0n) is 15.8. The van der Waals surface area contributed by atoms with Crippen molar-refractivity contribution in [2.24, 2.45) is 12.0 Å². The second kappa shape index (κ2) is 10.1. The zero-order valence-corrected chi connectivity index (χ0v) is 19.7. The highest BCUT2D eigenvalue weighted by Gasteiger charge is 2.10. The Morgan fingerprint density at radius 1 is 1.33 bits per heavy atom. The SMILES string of the molecule is CN=C(NCCCc1nnc2ccccn12)N(C)Cc1cc(Br)cn1C.I. The third-order valence-electron chi connectivity index (χ3n) is 4.29. The number of hydrogen-bond acceptors (Lipinski definition) is 3. The van der Waals surface area contributed by atoms with Crippen molar-refractivity contribution in [3.05, 3.63) is 52.7 Å². The van der Waals surface area contributed by atoms with E-state index in [1.807, 2.05) is 49.9 Å². The Kier molecular flexibility index (Phi) is 8.08. The molecule has 146 valence electrons. The molecule has 27 heavy (non-hydrogen) atoms. The lowest BCUT2D eigenvalue weighted by molar-refractivity contribution is 0.461. The molecule has 3 rings (SSSR count). The van der Waals surface area contributed by atoms with Crippen LogP contribution in [0.2, 0.25) is 0 Å². The summed E-state index contributed by atoms with van der Waals surface area (Å²) in [5, 5.41) is 11.9. The molecule has 0 unspecified atom stereocenters. The lowest BCUT2D eigenvalue weighted by Gasteiger charge is -2.22. The van der Waals surface area contributed by atoms with Crippen molar-refractivity contribution in [2.45, 2.75) is 19.4 Å². The zero-order chi connectivity index (χ0) is 18.5. The van der Waals surface area contributed by atoms with Crippen LogP contribution in [-0.4, -0.2) is 50.7 Å². The summed E-state index contributed by atoms with van der Waals surface area (Å²) in [6, 6.07) is 8.06. The van der Waals surface area contributed by atoms with Crippen LogP contribution in [0.4, 0.5) is 0 Å². The molecule has 0 saturated heterocycles. The van der Waals surface area contributed by atoms with Gasteiger partial charge in [-0.05, 0) is 40.5 Å². The Balaban J connectivity index is 0.00000261. The fourth-order valence-electron chi connectivity index (χ4n) is 2.93. The predicted octanol–water partition coefficient (Wildman–Crippen LogP) is 3.09. The van der Waals surface area contributed by atoms with Crippen molar-refractivity contribution in [3.63, 3.8) is 0 Å². The quantitative estimate of drug-likeness (QED) is 0.224. The summed E-state index contributed by atoms with van der Waals surface area (Å²) in [7, 11) is 5.90. The van der Waals surface area contributed by atoms with Gasteiger partial charge in [0.15, 0.2) is 11.6 Å². The van der Waals surface area contributed by atoms with E-state index in [4.69, 9.17) is 0 Å². The molecule has 3 aromatic rings. The monoisotopic (exact) mass is 545 g/mol. The van der Waals surface area contributed by atoms with E-state index in [9.17, 15) is 0 Å². The third kappa shape index (κ3) is 5.44. The van der Waals surface area contributed by atoms with E-state index in [0.29, 0.717) is 0 Å².